The Bertz CT molecular complexity index is 1330. The van der Waals surface area contributed by atoms with Crippen LogP contribution >= 0.6 is 0 Å². The summed E-state index contributed by atoms with van der Waals surface area (Å²) in [4.78, 5) is 24.7. The van der Waals surface area contributed by atoms with Gasteiger partial charge in [-0.2, -0.15) is 0 Å². The number of carbonyl (C=O) groups excluding carboxylic acids is 1. The fourth-order valence-electron chi connectivity index (χ4n) is 3.19. The van der Waals surface area contributed by atoms with Crippen molar-refractivity contribution in [3.63, 3.8) is 0 Å². The van der Waals surface area contributed by atoms with Crippen LogP contribution in [0.25, 0.3) is 22.4 Å². The number of aromatic nitrogens is 3. The summed E-state index contributed by atoms with van der Waals surface area (Å²) in [5.41, 5.74) is 3.88. The van der Waals surface area contributed by atoms with Gasteiger partial charge in [-0.25, -0.2) is 18.4 Å². The van der Waals surface area contributed by atoms with E-state index in [1.807, 2.05) is 30.3 Å². The number of nitrogens with one attached hydrogen (secondary N) is 2. The molecule has 2 aromatic carbocycles. The van der Waals surface area contributed by atoms with Gasteiger partial charge in [-0.1, -0.05) is 42.5 Å². The Hall–Kier alpha value is -3.52. The van der Waals surface area contributed by atoms with E-state index in [1.165, 1.54) is 0 Å². The van der Waals surface area contributed by atoms with Gasteiger partial charge in [0.05, 0.1) is 34.1 Å². The minimum absolute atomic E-state index is 0.150. The third-order valence-corrected chi connectivity index (χ3v) is 7.13. The van der Waals surface area contributed by atoms with Crippen LogP contribution in [0.2, 0.25) is 0 Å². The molecule has 0 aliphatic heterocycles. The number of carbonyl (C=O) groups is 1. The van der Waals surface area contributed by atoms with Crippen molar-refractivity contribution in [1.29, 1.82) is 0 Å². The van der Waals surface area contributed by atoms with Crippen molar-refractivity contribution in [2.75, 3.05) is 5.32 Å². The molecule has 2 N–H and O–H groups in total. The van der Waals surface area contributed by atoms with E-state index in [0.29, 0.717) is 22.5 Å². The Morgan fingerprint density at radius 2 is 1.77 bits per heavy atom. The number of hydrogen-bond acceptors (Lipinski definition) is 5. The Balaban J connectivity index is 1.59. The molecule has 1 amide bonds. The molecule has 158 valence electrons. The zero-order valence-electron chi connectivity index (χ0n) is 17.2. The zero-order chi connectivity index (χ0) is 22.0. The number of hydrogen-bond donors (Lipinski definition) is 2. The molecule has 0 saturated heterocycles. The molecule has 0 atom stereocenters. The molecule has 7 nitrogen and oxygen atoms in total. The smallest absolute Gasteiger partial charge is 0.228 e. The Kier molecular flexibility index (Phi) is 5.56. The lowest BCUT2D eigenvalue weighted by Gasteiger charge is -2.08. The maximum absolute atomic E-state index is 12.4. The van der Waals surface area contributed by atoms with Crippen molar-refractivity contribution in [2.24, 2.45) is 0 Å². The van der Waals surface area contributed by atoms with E-state index >= 15 is 0 Å². The van der Waals surface area contributed by atoms with Crippen LogP contribution in [0.4, 0.5) is 5.69 Å². The first-order chi connectivity index (χ1) is 14.8. The quantitative estimate of drug-likeness (QED) is 0.477. The molecule has 0 fully saturated rings. The highest BCUT2D eigenvalue weighted by atomic mass is 32.2. The normalized spacial score (nSPS) is 11.7. The van der Waals surface area contributed by atoms with Crippen molar-refractivity contribution >= 4 is 32.6 Å². The maximum atomic E-state index is 12.4. The number of rotatable bonds is 6. The van der Waals surface area contributed by atoms with Crippen LogP contribution in [0.5, 0.6) is 0 Å². The molecule has 0 aliphatic carbocycles. The molecule has 0 radical (unpaired) electrons. The van der Waals surface area contributed by atoms with Crippen LogP contribution in [0.3, 0.4) is 0 Å². The first kappa shape index (κ1) is 20.7. The first-order valence-electron chi connectivity index (χ1n) is 9.87. The van der Waals surface area contributed by atoms with Gasteiger partial charge in [0.15, 0.2) is 15.5 Å². The van der Waals surface area contributed by atoms with Gasteiger partial charge in [-0.15, -0.1) is 0 Å². The Labute approximate surface area is 180 Å². The molecule has 0 bridgehead atoms. The minimum Gasteiger partial charge on any atom is -0.343 e. The van der Waals surface area contributed by atoms with Crippen LogP contribution in [0.1, 0.15) is 19.4 Å². The van der Waals surface area contributed by atoms with Gasteiger partial charge in [0.2, 0.25) is 5.91 Å². The summed E-state index contributed by atoms with van der Waals surface area (Å²) in [5.74, 6) is -0.150. The maximum Gasteiger partial charge on any atom is 0.228 e. The second-order valence-corrected chi connectivity index (χ2v) is 9.99. The summed E-state index contributed by atoms with van der Waals surface area (Å²) < 4.78 is 24.7. The number of aromatic amines is 1. The van der Waals surface area contributed by atoms with Gasteiger partial charge in [0.1, 0.15) is 5.52 Å². The number of benzene rings is 2. The fraction of sp³-hybridized carbons (Fsp3) is 0.174. The SMILES string of the molecule is CC(C)S(=O)(=O)c1ccc(-c2cnc3[nH]cc(NC(=O)Cc4ccccc4)c3n2)cc1. The second-order valence-electron chi connectivity index (χ2n) is 7.48. The van der Waals surface area contributed by atoms with E-state index in [9.17, 15) is 13.2 Å². The third kappa shape index (κ3) is 4.34. The van der Waals surface area contributed by atoms with Crippen LogP contribution in [-0.4, -0.2) is 34.5 Å². The van der Waals surface area contributed by atoms with Crippen molar-refractivity contribution in [3.05, 3.63) is 72.6 Å². The fourth-order valence-corrected chi connectivity index (χ4v) is 4.25. The van der Waals surface area contributed by atoms with Crippen LogP contribution in [-0.2, 0) is 21.1 Å². The molecule has 31 heavy (non-hydrogen) atoms. The molecular weight excluding hydrogens is 412 g/mol. The van der Waals surface area contributed by atoms with Gasteiger partial charge < -0.3 is 10.3 Å². The van der Waals surface area contributed by atoms with E-state index in [1.54, 1.807) is 50.5 Å². The van der Waals surface area contributed by atoms with Gasteiger partial charge >= 0.3 is 0 Å². The molecule has 0 spiro atoms. The Morgan fingerprint density at radius 3 is 2.45 bits per heavy atom. The largest absolute Gasteiger partial charge is 0.343 e. The third-order valence-electron chi connectivity index (χ3n) is 4.96. The van der Waals surface area contributed by atoms with E-state index in [2.05, 4.69) is 20.3 Å². The van der Waals surface area contributed by atoms with Crippen molar-refractivity contribution in [3.8, 4) is 11.3 Å². The molecular formula is C23H22N4O3S. The van der Waals surface area contributed by atoms with Crippen LogP contribution < -0.4 is 5.32 Å². The number of amides is 1. The van der Waals surface area contributed by atoms with Crippen LogP contribution in [0, 0.1) is 0 Å². The van der Waals surface area contributed by atoms with Crippen molar-refractivity contribution < 1.29 is 13.2 Å². The summed E-state index contributed by atoms with van der Waals surface area (Å²) in [7, 11) is -3.34. The average Bonchev–Trinajstić information content (AvgIpc) is 3.16. The summed E-state index contributed by atoms with van der Waals surface area (Å²) in [6.45, 7) is 3.31. The van der Waals surface area contributed by atoms with Crippen molar-refractivity contribution in [2.45, 2.75) is 30.4 Å². The number of anilines is 1. The lowest BCUT2D eigenvalue weighted by molar-refractivity contribution is -0.115. The van der Waals surface area contributed by atoms with E-state index in [4.69, 9.17) is 0 Å². The monoisotopic (exact) mass is 434 g/mol. The lowest BCUT2D eigenvalue weighted by Crippen LogP contribution is -2.14. The summed E-state index contributed by atoms with van der Waals surface area (Å²) in [6, 6.07) is 16.1. The number of fused-ring (bicyclic) bond motifs is 1. The molecule has 0 saturated carbocycles. The Morgan fingerprint density at radius 1 is 1.06 bits per heavy atom. The summed E-state index contributed by atoms with van der Waals surface area (Å²) >= 11 is 0. The average molecular weight is 435 g/mol. The molecule has 2 aromatic heterocycles. The predicted octanol–water partition coefficient (Wildman–Crippen LogP) is 3.99. The van der Waals surface area contributed by atoms with Gasteiger partial charge in [-0.3, -0.25) is 4.79 Å². The highest BCUT2D eigenvalue weighted by Gasteiger charge is 2.19. The lowest BCUT2D eigenvalue weighted by atomic mass is 10.1. The highest BCUT2D eigenvalue weighted by molar-refractivity contribution is 7.92. The molecule has 4 aromatic rings. The zero-order valence-corrected chi connectivity index (χ0v) is 18.0. The first-order valence-corrected chi connectivity index (χ1v) is 11.4. The second kappa shape index (κ2) is 8.31. The van der Waals surface area contributed by atoms with Gasteiger partial charge in [0, 0.05) is 11.8 Å². The summed E-state index contributed by atoms with van der Waals surface area (Å²) in [6.07, 6.45) is 3.53. The molecule has 0 aliphatic rings. The predicted molar refractivity (Wildman–Crippen MR) is 120 cm³/mol. The highest BCUT2D eigenvalue weighted by Crippen LogP contribution is 2.26. The van der Waals surface area contributed by atoms with Crippen molar-refractivity contribution in [1.82, 2.24) is 15.0 Å². The van der Waals surface area contributed by atoms with E-state index in [0.717, 1.165) is 11.1 Å². The number of H-pyrrole nitrogens is 1. The van der Waals surface area contributed by atoms with Crippen LogP contribution in [0.15, 0.2) is 71.9 Å². The molecule has 0 unspecified atom stereocenters. The van der Waals surface area contributed by atoms with Gasteiger partial charge in [-0.05, 0) is 31.5 Å². The molecule has 8 heteroatoms. The van der Waals surface area contributed by atoms with E-state index in [-0.39, 0.29) is 17.2 Å². The topological polar surface area (TPSA) is 105 Å². The minimum atomic E-state index is -3.34. The standard InChI is InChI=1S/C23H22N4O3S/c1-15(2)31(29,30)18-10-8-17(9-11-18)19-13-24-23-22(27-19)20(14-25-23)26-21(28)12-16-6-4-3-5-7-16/h3-11,13-15H,12H2,1-2H3,(H,24,25)(H,26,28). The molecule has 2 heterocycles. The number of sulfone groups is 1. The molecule has 4 rings (SSSR count). The number of nitrogens with zero attached hydrogens (tertiary/aromatic N) is 2. The summed E-state index contributed by atoms with van der Waals surface area (Å²) in [5, 5.41) is 2.39. The van der Waals surface area contributed by atoms with E-state index < -0.39 is 15.1 Å². The van der Waals surface area contributed by atoms with Gasteiger partial charge in [0.25, 0.3) is 0 Å².